The van der Waals surface area contributed by atoms with E-state index in [2.05, 4.69) is 41.5 Å². The largest absolute Gasteiger partial charge is 0.320 e. The maximum atomic E-state index is 4.52. The topological polar surface area (TPSA) is 28.2 Å². The van der Waals surface area contributed by atoms with E-state index in [4.69, 9.17) is 0 Å². The molecule has 1 aromatic heterocycles. The second-order valence-electron chi connectivity index (χ2n) is 3.91. The average Bonchev–Trinajstić information content (AvgIpc) is 2.64. The molecule has 1 atom stereocenters. The Labute approximate surface area is 96.5 Å². The summed E-state index contributed by atoms with van der Waals surface area (Å²) >= 11 is 1.73. The van der Waals surface area contributed by atoms with E-state index in [0.29, 0.717) is 6.04 Å². The van der Waals surface area contributed by atoms with Crippen LogP contribution in [0.3, 0.4) is 0 Å². The molecule has 0 spiro atoms. The second kappa shape index (κ2) is 6.20. The molecule has 15 heavy (non-hydrogen) atoms. The first-order valence-electron chi connectivity index (χ1n) is 5.42. The molecular formula is C11H21N3S. The van der Waals surface area contributed by atoms with E-state index < -0.39 is 0 Å². The smallest absolute Gasteiger partial charge is 0.0898 e. The molecule has 1 N–H and O–H groups in total. The van der Waals surface area contributed by atoms with Crippen molar-refractivity contribution in [2.45, 2.75) is 26.3 Å². The molecule has 0 aliphatic rings. The Morgan fingerprint density at radius 2 is 2.33 bits per heavy atom. The minimum absolute atomic E-state index is 0.423. The number of thiazole rings is 1. The van der Waals surface area contributed by atoms with Gasteiger partial charge in [-0.25, -0.2) is 4.98 Å². The molecule has 0 aromatic carbocycles. The fourth-order valence-electron chi connectivity index (χ4n) is 1.50. The van der Waals surface area contributed by atoms with Crippen molar-refractivity contribution in [2.75, 3.05) is 27.2 Å². The fourth-order valence-corrected chi connectivity index (χ4v) is 2.20. The van der Waals surface area contributed by atoms with Gasteiger partial charge in [-0.15, -0.1) is 11.3 Å². The highest BCUT2D eigenvalue weighted by Crippen LogP contribution is 2.20. The van der Waals surface area contributed by atoms with E-state index in [9.17, 15) is 0 Å². The van der Waals surface area contributed by atoms with Gasteiger partial charge in [-0.1, -0.05) is 0 Å². The first-order chi connectivity index (χ1) is 7.15. The summed E-state index contributed by atoms with van der Waals surface area (Å²) < 4.78 is 0. The average molecular weight is 227 g/mol. The van der Waals surface area contributed by atoms with Gasteiger partial charge in [-0.3, -0.25) is 4.90 Å². The Bertz CT molecular complexity index is 285. The zero-order valence-corrected chi connectivity index (χ0v) is 10.9. The third-order valence-corrected chi connectivity index (χ3v) is 3.46. The summed E-state index contributed by atoms with van der Waals surface area (Å²) in [6, 6.07) is 0.423. The molecule has 3 nitrogen and oxygen atoms in total. The number of nitrogens with zero attached hydrogens (tertiary/aromatic N) is 2. The fraction of sp³-hybridized carbons (Fsp3) is 0.727. The van der Waals surface area contributed by atoms with E-state index in [1.54, 1.807) is 11.3 Å². The molecule has 0 fully saturated rings. The zero-order valence-electron chi connectivity index (χ0n) is 10.1. The molecule has 0 radical (unpaired) electrons. The molecule has 1 heterocycles. The van der Waals surface area contributed by atoms with E-state index in [-0.39, 0.29) is 0 Å². The molecule has 0 saturated heterocycles. The monoisotopic (exact) mass is 227 g/mol. The van der Waals surface area contributed by atoms with Crippen molar-refractivity contribution in [1.82, 2.24) is 15.2 Å². The highest BCUT2D eigenvalue weighted by Gasteiger charge is 2.13. The van der Waals surface area contributed by atoms with Gasteiger partial charge in [0.25, 0.3) is 0 Å². The molecule has 0 amide bonds. The summed E-state index contributed by atoms with van der Waals surface area (Å²) in [5.41, 5.74) is 1.20. The van der Waals surface area contributed by atoms with Crippen LogP contribution >= 0.6 is 11.3 Å². The van der Waals surface area contributed by atoms with Crippen LogP contribution in [0.1, 0.15) is 30.1 Å². The quantitative estimate of drug-likeness (QED) is 0.754. The van der Waals surface area contributed by atoms with Crippen LogP contribution in [-0.2, 0) is 0 Å². The van der Waals surface area contributed by atoms with E-state index in [1.165, 1.54) is 12.1 Å². The van der Waals surface area contributed by atoms with E-state index >= 15 is 0 Å². The lowest BCUT2D eigenvalue weighted by Gasteiger charge is -2.23. The lowest BCUT2D eigenvalue weighted by atomic mass is 10.2. The molecule has 0 bridgehead atoms. The number of hydrogen-bond acceptors (Lipinski definition) is 4. The van der Waals surface area contributed by atoms with Crippen LogP contribution in [0.4, 0.5) is 0 Å². The van der Waals surface area contributed by atoms with Crippen molar-refractivity contribution in [1.29, 1.82) is 0 Å². The van der Waals surface area contributed by atoms with Crippen LogP contribution in [-0.4, -0.2) is 37.1 Å². The van der Waals surface area contributed by atoms with Crippen molar-refractivity contribution < 1.29 is 0 Å². The van der Waals surface area contributed by atoms with Gasteiger partial charge in [0.15, 0.2) is 0 Å². The van der Waals surface area contributed by atoms with Crippen molar-refractivity contribution in [3.05, 3.63) is 16.1 Å². The summed E-state index contributed by atoms with van der Waals surface area (Å²) in [6.45, 7) is 6.46. The summed E-state index contributed by atoms with van der Waals surface area (Å²) in [5.74, 6) is 0. The van der Waals surface area contributed by atoms with E-state index in [1.807, 2.05) is 7.05 Å². The Hall–Kier alpha value is -0.450. The van der Waals surface area contributed by atoms with Crippen molar-refractivity contribution >= 4 is 11.3 Å². The molecule has 0 saturated carbocycles. The summed E-state index contributed by atoms with van der Waals surface area (Å²) in [5, 5.41) is 6.48. The Balaban J connectivity index is 2.42. The third kappa shape index (κ3) is 3.89. The van der Waals surface area contributed by atoms with Crippen LogP contribution in [0, 0.1) is 6.92 Å². The minimum Gasteiger partial charge on any atom is -0.320 e. The molecular weight excluding hydrogens is 206 g/mol. The van der Waals surface area contributed by atoms with Gasteiger partial charge in [0.05, 0.1) is 10.7 Å². The van der Waals surface area contributed by atoms with Gasteiger partial charge >= 0.3 is 0 Å². The number of rotatable bonds is 6. The maximum absolute atomic E-state index is 4.52. The van der Waals surface area contributed by atoms with Gasteiger partial charge in [-0.05, 0) is 47.5 Å². The van der Waals surface area contributed by atoms with Gasteiger partial charge in [0, 0.05) is 11.4 Å². The molecule has 1 unspecified atom stereocenters. The number of nitrogens with one attached hydrogen (secondary N) is 1. The number of aryl methyl sites for hydroxylation is 1. The van der Waals surface area contributed by atoms with Crippen LogP contribution in [0.25, 0.3) is 0 Å². The predicted octanol–water partition coefficient (Wildman–Crippen LogP) is 2.05. The predicted molar refractivity (Wildman–Crippen MR) is 66.4 cm³/mol. The second-order valence-corrected chi connectivity index (χ2v) is 4.97. The van der Waals surface area contributed by atoms with Crippen LogP contribution in [0.5, 0.6) is 0 Å². The lowest BCUT2D eigenvalue weighted by Crippen LogP contribution is -2.26. The number of aromatic nitrogens is 1. The SMILES string of the molecule is CNCCCN(C)C(C)c1csc(C)n1. The van der Waals surface area contributed by atoms with Gasteiger partial charge in [0.1, 0.15) is 0 Å². The van der Waals surface area contributed by atoms with Gasteiger partial charge in [-0.2, -0.15) is 0 Å². The van der Waals surface area contributed by atoms with Crippen LogP contribution in [0.15, 0.2) is 5.38 Å². The first kappa shape index (κ1) is 12.6. The minimum atomic E-state index is 0.423. The standard InChI is InChI=1S/C11H21N3S/c1-9(11-8-15-10(2)13-11)14(4)7-5-6-12-3/h8-9,12H,5-7H2,1-4H3. The van der Waals surface area contributed by atoms with Crippen molar-refractivity contribution in [3.8, 4) is 0 Å². The molecule has 1 aromatic rings. The van der Waals surface area contributed by atoms with Crippen LogP contribution in [0.2, 0.25) is 0 Å². The van der Waals surface area contributed by atoms with Gasteiger partial charge in [0.2, 0.25) is 0 Å². The summed E-state index contributed by atoms with van der Waals surface area (Å²) in [7, 11) is 4.15. The Morgan fingerprint density at radius 3 is 2.87 bits per heavy atom. The normalized spacial score (nSPS) is 13.4. The van der Waals surface area contributed by atoms with Crippen LogP contribution < -0.4 is 5.32 Å². The zero-order chi connectivity index (χ0) is 11.3. The molecule has 0 aliphatic carbocycles. The van der Waals surface area contributed by atoms with E-state index in [0.717, 1.165) is 18.1 Å². The number of hydrogen-bond donors (Lipinski definition) is 1. The lowest BCUT2D eigenvalue weighted by molar-refractivity contribution is 0.254. The van der Waals surface area contributed by atoms with Crippen molar-refractivity contribution in [2.24, 2.45) is 0 Å². The van der Waals surface area contributed by atoms with Crippen molar-refractivity contribution in [3.63, 3.8) is 0 Å². The summed E-state index contributed by atoms with van der Waals surface area (Å²) in [4.78, 5) is 6.87. The maximum Gasteiger partial charge on any atom is 0.0898 e. The van der Waals surface area contributed by atoms with Gasteiger partial charge < -0.3 is 5.32 Å². The molecule has 86 valence electrons. The Kier molecular flexibility index (Phi) is 5.22. The first-order valence-corrected chi connectivity index (χ1v) is 6.30. The molecule has 0 aliphatic heterocycles. The Morgan fingerprint density at radius 1 is 1.60 bits per heavy atom. The molecule has 1 rings (SSSR count). The molecule has 4 heteroatoms. The summed E-state index contributed by atoms with van der Waals surface area (Å²) in [6.07, 6.45) is 1.18. The highest BCUT2D eigenvalue weighted by atomic mass is 32.1. The third-order valence-electron chi connectivity index (χ3n) is 2.66. The highest BCUT2D eigenvalue weighted by molar-refractivity contribution is 7.09.